The van der Waals surface area contributed by atoms with Crippen LogP contribution in [-0.4, -0.2) is 43.3 Å². The van der Waals surface area contributed by atoms with Gasteiger partial charge in [-0.05, 0) is 25.0 Å². The average Bonchev–Trinajstić information content (AvgIpc) is 2.79. The van der Waals surface area contributed by atoms with E-state index in [4.69, 9.17) is 5.11 Å². The summed E-state index contributed by atoms with van der Waals surface area (Å²) in [5, 5.41) is 11.6. The summed E-state index contributed by atoms with van der Waals surface area (Å²) in [7, 11) is -0.759. The lowest BCUT2D eigenvalue weighted by Gasteiger charge is -2.22. The predicted molar refractivity (Wildman–Crippen MR) is 70.4 cm³/mol. The molecular formula is C12H16N2O4S. The maximum atomic E-state index is 12.1. The van der Waals surface area contributed by atoms with Crippen molar-refractivity contribution in [2.75, 3.05) is 11.5 Å². The van der Waals surface area contributed by atoms with Crippen LogP contribution in [0.3, 0.4) is 0 Å². The van der Waals surface area contributed by atoms with Gasteiger partial charge in [-0.1, -0.05) is 0 Å². The zero-order chi connectivity index (χ0) is 13.8. The van der Waals surface area contributed by atoms with E-state index in [2.05, 4.69) is 5.32 Å². The third-order valence-corrected chi connectivity index (χ3v) is 4.47. The number of nitrogens with zero attached hydrogens (tertiary/aromatic N) is 1. The summed E-state index contributed by atoms with van der Waals surface area (Å²) in [6.45, 7) is -0.232. The minimum absolute atomic E-state index is 0.0263. The number of rotatable bonds is 4. The van der Waals surface area contributed by atoms with Crippen LogP contribution in [0.5, 0.6) is 0 Å². The summed E-state index contributed by atoms with van der Waals surface area (Å²) in [5.41, 5.74) is 0.342. The Labute approximate surface area is 113 Å². The molecule has 0 atom stereocenters. The molecule has 0 unspecified atom stereocenters. The molecule has 19 heavy (non-hydrogen) atoms. The second kappa shape index (κ2) is 6.01. The van der Waals surface area contributed by atoms with Crippen molar-refractivity contribution in [3.63, 3.8) is 0 Å². The van der Waals surface area contributed by atoms with Crippen molar-refractivity contribution in [2.45, 2.75) is 25.4 Å². The average molecular weight is 284 g/mol. The SMILES string of the molecule is O=C(O)Cn1cccc1C(=O)NC1CCS(=O)CC1. The van der Waals surface area contributed by atoms with Crippen LogP contribution in [-0.2, 0) is 22.1 Å². The van der Waals surface area contributed by atoms with Crippen LogP contribution >= 0.6 is 0 Å². The second-order valence-corrected chi connectivity index (χ2v) is 6.21. The summed E-state index contributed by atoms with van der Waals surface area (Å²) >= 11 is 0. The van der Waals surface area contributed by atoms with E-state index in [-0.39, 0.29) is 18.5 Å². The Bertz CT molecular complexity index is 502. The number of aromatic nitrogens is 1. The van der Waals surface area contributed by atoms with Crippen LogP contribution in [0, 0.1) is 0 Å². The van der Waals surface area contributed by atoms with Crippen LogP contribution in [0.2, 0.25) is 0 Å². The monoisotopic (exact) mass is 284 g/mol. The number of nitrogens with one attached hydrogen (secondary N) is 1. The summed E-state index contributed by atoms with van der Waals surface area (Å²) in [4.78, 5) is 22.7. The van der Waals surface area contributed by atoms with E-state index in [1.165, 1.54) is 4.57 Å². The van der Waals surface area contributed by atoms with Crippen LogP contribution in [0.15, 0.2) is 18.3 Å². The van der Waals surface area contributed by atoms with E-state index in [0.717, 1.165) is 0 Å². The number of hydrogen-bond acceptors (Lipinski definition) is 3. The third-order valence-electron chi connectivity index (χ3n) is 3.09. The van der Waals surface area contributed by atoms with Crippen molar-refractivity contribution in [3.8, 4) is 0 Å². The van der Waals surface area contributed by atoms with Crippen molar-refractivity contribution < 1.29 is 18.9 Å². The lowest BCUT2D eigenvalue weighted by atomic mass is 10.1. The molecule has 0 aromatic carbocycles. The van der Waals surface area contributed by atoms with E-state index >= 15 is 0 Å². The fourth-order valence-electron chi connectivity index (χ4n) is 2.10. The normalized spacial score (nSPS) is 22.9. The molecular weight excluding hydrogens is 268 g/mol. The lowest BCUT2D eigenvalue weighted by molar-refractivity contribution is -0.137. The second-order valence-electron chi connectivity index (χ2n) is 4.51. The van der Waals surface area contributed by atoms with Gasteiger partial charge in [-0.25, -0.2) is 0 Å². The number of aliphatic carboxylic acids is 1. The Morgan fingerprint density at radius 3 is 2.74 bits per heavy atom. The molecule has 0 bridgehead atoms. The first-order chi connectivity index (χ1) is 9.06. The molecule has 1 aliphatic heterocycles. The highest BCUT2D eigenvalue weighted by molar-refractivity contribution is 7.85. The number of carboxylic acids is 1. The van der Waals surface area contributed by atoms with E-state index in [0.29, 0.717) is 30.0 Å². The van der Waals surface area contributed by atoms with Gasteiger partial charge in [0.2, 0.25) is 0 Å². The van der Waals surface area contributed by atoms with E-state index in [1.54, 1.807) is 18.3 Å². The molecule has 1 amide bonds. The molecule has 1 fully saturated rings. The van der Waals surface area contributed by atoms with Crippen molar-refractivity contribution in [2.24, 2.45) is 0 Å². The van der Waals surface area contributed by atoms with Crippen molar-refractivity contribution in [1.29, 1.82) is 0 Å². The molecule has 0 radical (unpaired) electrons. The van der Waals surface area contributed by atoms with Gasteiger partial charge in [-0.3, -0.25) is 13.8 Å². The van der Waals surface area contributed by atoms with E-state index in [9.17, 15) is 13.8 Å². The van der Waals surface area contributed by atoms with Crippen LogP contribution in [0.4, 0.5) is 0 Å². The maximum absolute atomic E-state index is 12.1. The highest BCUT2D eigenvalue weighted by atomic mass is 32.2. The highest BCUT2D eigenvalue weighted by Crippen LogP contribution is 2.11. The molecule has 0 spiro atoms. The lowest BCUT2D eigenvalue weighted by Crippen LogP contribution is -2.40. The first kappa shape index (κ1) is 13.8. The predicted octanol–water partition coefficient (Wildman–Crippen LogP) is 0.214. The number of hydrogen-bond donors (Lipinski definition) is 2. The summed E-state index contributed by atoms with van der Waals surface area (Å²) in [6.07, 6.45) is 2.98. The molecule has 1 saturated heterocycles. The van der Waals surface area contributed by atoms with Gasteiger partial charge >= 0.3 is 5.97 Å². The molecule has 0 saturated carbocycles. The number of carbonyl (C=O) groups is 2. The fraction of sp³-hybridized carbons (Fsp3) is 0.500. The summed E-state index contributed by atoms with van der Waals surface area (Å²) < 4.78 is 12.6. The molecule has 104 valence electrons. The van der Waals surface area contributed by atoms with Crippen molar-refractivity contribution >= 4 is 22.7 Å². The van der Waals surface area contributed by atoms with E-state index < -0.39 is 16.8 Å². The Hall–Kier alpha value is -1.63. The Kier molecular flexibility index (Phi) is 4.36. The van der Waals surface area contributed by atoms with Gasteiger partial charge in [0, 0.05) is 34.5 Å². The zero-order valence-electron chi connectivity index (χ0n) is 10.4. The summed E-state index contributed by atoms with van der Waals surface area (Å²) in [5.74, 6) is -0.0374. The topological polar surface area (TPSA) is 88.4 Å². The molecule has 7 heteroatoms. The van der Waals surface area contributed by atoms with Crippen LogP contribution in [0.25, 0.3) is 0 Å². The van der Waals surface area contributed by atoms with Gasteiger partial charge in [0.15, 0.2) is 0 Å². The Morgan fingerprint density at radius 2 is 2.11 bits per heavy atom. The first-order valence-corrected chi connectivity index (χ1v) is 7.58. The van der Waals surface area contributed by atoms with Crippen LogP contribution < -0.4 is 5.32 Å². The fourth-order valence-corrected chi connectivity index (χ4v) is 3.40. The molecule has 0 aliphatic carbocycles. The molecule has 2 heterocycles. The largest absolute Gasteiger partial charge is 0.480 e. The third kappa shape index (κ3) is 3.66. The summed E-state index contributed by atoms with van der Waals surface area (Å²) in [6, 6.07) is 3.27. The smallest absolute Gasteiger partial charge is 0.323 e. The number of carbonyl (C=O) groups excluding carboxylic acids is 1. The standard InChI is InChI=1S/C12H16N2O4S/c15-11(16)8-14-5-1-2-10(14)12(17)13-9-3-6-19(18)7-4-9/h1-2,5,9H,3-4,6-8H2,(H,13,17)(H,15,16). The van der Waals surface area contributed by atoms with E-state index in [1.807, 2.05) is 0 Å². The molecule has 2 N–H and O–H groups in total. The Morgan fingerprint density at radius 1 is 1.42 bits per heavy atom. The Balaban J connectivity index is 1.98. The minimum Gasteiger partial charge on any atom is -0.480 e. The van der Waals surface area contributed by atoms with Gasteiger partial charge in [-0.2, -0.15) is 0 Å². The van der Waals surface area contributed by atoms with Gasteiger partial charge in [0.05, 0.1) is 0 Å². The minimum atomic E-state index is -0.988. The molecule has 1 aromatic rings. The van der Waals surface area contributed by atoms with Crippen molar-refractivity contribution in [1.82, 2.24) is 9.88 Å². The zero-order valence-corrected chi connectivity index (χ0v) is 11.2. The van der Waals surface area contributed by atoms with Gasteiger partial charge < -0.3 is 15.0 Å². The number of carboxylic acid groups (broad SMARTS) is 1. The van der Waals surface area contributed by atoms with Gasteiger partial charge in [-0.15, -0.1) is 0 Å². The molecule has 6 nitrogen and oxygen atoms in total. The highest BCUT2D eigenvalue weighted by Gasteiger charge is 2.21. The number of amides is 1. The molecule has 1 aliphatic rings. The quantitative estimate of drug-likeness (QED) is 0.827. The van der Waals surface area contributed by atoms with Crippen molar-refractivity contribution in [3.05, 3.63) is 24.0 Å². The molecule has 2 rings (SSSR count). The first-order valence-electron chi connectivity index (χ1n) is 6.09. The molecule has 1 aromatic heterocycles. The maximum Gasteiger partial charge on any atom is 0.323 e. The van der Waals surface area contributed by atoms with Gasteiger partial charge in [0.25, 0.3) is 5.91 Å². The van der Waals surface area contributed by atoms with Crippen LogP contribution in [0.1, 0.15) is 23.3 Å². The van der Waals surface area contributed by atoms with Gasteiger partial charge in [0.1, 0.15) is 12.2 Å².